The van der Waals surface area contributed by atoms with Crippen LogP contribution in [0, 0.1) is 17.3 Å². The molecule has 2 unspecified atom stereocenters. The first kappa shape index (κ1) is 12.8. The first-order valence-corrected chi connectivity index (χ1v) is 6.96. The quantitative estimate of drug-likeness (QED) is 0.755. The van der Waals surface area contributed by atoms with Crippen molar-refractivity contribution in [3.8, 4) is 0 Å². The van der Waals surface area contributed by atoms with Gasteiger partial charge in [0, 0.05) is 7.11 Å². The minimum atomic E-state index is -2.35. The predicted molar refractivity (Wildman–Crippen MR) is 63.7 cm³/mol. The van der Waals surface area contributed by atoms with Crippen molar-refractivity contribution in [3.63, 3.8) is 0 Å². The Morgan fingerprint density at radius 3 is 2.39 bits per heavy atom. The Labute approximate surface area is 107 Å². The van der Waals surface area contributed by atoms with Gasteiger partial charge in [0.25, 0.3) is 6.43 Å². The molecule has 2 atom stereocenters. The zero-order chi connectivity index (χ0) is 12.8. The summed E-state index contributed by atoms with van der Waals surface area (Å²) in [6.45, 7) is 0.0759. The van der Waals surface area contributed by atoms with Crippen LogP contribution < -0.4 is 0 Å². The van der Waals surface area contributed by atoms with Crippen LogP contribution in [0.1, 0.15) is 38.5 Å². The zero-order valence-corrected chi connectivity index (χ0v) is 11.0. The SMILES string of the molecule is COC12CC3CC(CC(COCC(F)F)(C3)C1)C2. The van der Waals surface area contributed by atoms with Crippen molar-refractivity contribution >= 4 is 0 Å². The van der Waals surface area contributed by atoms with Crippen LogP contribution in [0.25, 0.3) is 0 Å². The minimum absolute atomic E-state index is 0.0261. The van der Waals surface area contributed by atoms with E-state index in [1.165, 1.54) is 6.42 Å². The van der Waals surface area contributed by atoms with E-state index in [0.29, 0.717) is 6.61 Å². The number of ether oxygens (including phenoxy) is 2. The smallest absolute Gasteiger partial charge is 0.261 e. The molecule has 4 heteroatoms. The second kappa shape index (κ2) is 4.41. The highest BCUT2D eigenvalue weighted by molar-refractivity contribution is 5.09. The molecule has 0 aliphatic heterocycles. The van der Waals surface area contributed by atoms with E-state index in [1.807, 2.05) is 0 Å². The highest BCUT2D eigenvalue weighted by Gasteiger charge is 2.58. The lowest BCUT2D eigenvalue weighted by Crippen LogP contribution is -2.57. The molecule has 4 fully saturated rings. The number of rotatable bonds is 5. The highest BCUT2D eigenvalue weighted by Crippen LogP contribution is 2.62. The number of hydrogen-bond acceptors (Lipinski definition) is 2. The van der Waals surface area contributed by atoms with E-state index in [2.05, 4.69) is 0 Å². The molecule has 4 bridgehead atoms. The van der Waals surface area contributed by atoms with Crippen LogP contribution in [0.3, 0.4) is 0 Å². The fraction of sp³-hybridized carbons (Fsp3) is 1.00. The third-order valence-electron chi connectivity index (χ3n) is 5.21. The van der Waals surface area contributed by atoms with Crippen molar-refractivity contribution in [2.24, 2.45) is 17.3 Å². The van der Waals surface area contributed by atoms with Gasteiger partial charge in [-0.05, 0) is 55.8 Å². The van der Waals surface area contributed by atoms with Crippen molar-refractivity contribution in [1.29, 1.82) is 0 Å². The molecule has 0 saturated heterocycles. The Morgan fingerprint density at radius 2 is 1.83 bits per heavy atom. The van der Waals surface area contributed by atoms with Crippen molar-refractivity contribution in [2.75, 3.05) is 20.3 Å². The molecule has 18 heavy (non-hydrogen) atoms. The van der Waals surface area contributed by atoms with Crippen LogP contribution in [-0.2, 0) is 9.47 Å². The van der Waals surface area contributed by atoms with Crippen LogP contribution in [-0.4, -0.2) is 32.4 Å². The lowest BCUT2D eigenvalue weighted by Gasteiger charge is -2.61. The molecule has 4 aliphatic rings. The lowest BCUT2D eigenvalue weighted by molar-refractivity contribution is -0.196. The molecule has 2 nitrogen and oxygen atoms in total. The summed E-state index contributed by atoms with van der Waals surface area (Å²) >= 11 is 0. The zero-order valence-electron chi connectivity index (χ0n) is 11.0. The Kier molecular flexibility index (Phi) is 3.14. The summed E-state index contributed by atoms with van der Waals surface area (Å²) in [5, 5.41) is 0. The molecule has 0 radical (unpaired) electrons. The van der Waals surface area contributed by atoms with E-state index in [-0.39, 0.29) is 11.0 Å². The monoisotopic (exact) mass is 260 g/mol. The average molecular weight is 260 g/mol. The number of methoxy groups -OCH3 is 1. The molecule has 0 spiro atoms. The summed E-state index contributed by atoms with van der Waals surface area (Å²) < 4.78 is 35.4. The van der Waals surface area contributed by atoms with Gasteiger partial charge in [-0.3, -0.25) is 0 Å². The van der Waals surface area contributed by atoms with E-state index < -0.39 is 13.0 Å². The predicted octanol–water partition coefficient (Wildman–Crippen LogP) is 3.25. The van der Waals surface area contributed by atoms with Gasteiger partial charge in [0.05, 0.1) is 12.2 Å². The van der Waals surface area contributed by atoms with Gasteiger partial charge >= 0.3 is 0 Å². The largest absolute Gasteiger partial charge is 0.378 e. The first-order chi connectivity index (χ1) is 8.55. The Bertz CT molecular complexity index is 305. The van der Waals surface area contributed by atoms with Crippen LogP contribution in [0.2, 0.25) is 0 Å². The van der Waals surface area contributed by atoms with E-state index in [0.717, 1.165) is 43.9 Å². The van der Waals surface area contributed by atoms with Gasteiger partial charge in [-0.15, -0.1) is 0 Å². The van der Waals surface area contributed by atoms with Crippen molar-refractivity contribution in [3.05, 3.63) is 0 Å². The molecule has 0 amide bonds. The van der Waals surface area contributed by atoms with Crippen molar-refractivity contribution < 1.29 is 18.3 Å². The van der Waals surface area contributed by atoms with Gasteiger partial charge in [0.15, 0.2) is 0 Å². The summed E-state index contributed by atoms with van der Waals surface area (Å²) in [7, 11) is 1.81. The molecular weight excluding hydrogens is 238 g/mol. The van der Waals surface area contributed by atoms with Gasteiger partial charge in [-0.1, -0.05) is 0 Å². The number of alkyl halides is 2. The fourth-order valence-electron chi connectivity index (χ4n) is 5.14. The summed E-state index contributed by atoms with van der Waals surface area (Å²) in [5.74, 6) is 1.45. The normalized spacial score (nSPS) is 46.0. The lowest BCUT2D eigenvalue weighted by atomic mass is 9.48. The topological polar surface area (TPSA) is 18.5 Å². The Hall–Kier alpha value is -0.220. The number of hydrogen-bond donors (Lipinski definition) is 0. The van der Waals surface area contributed by atoms with E-state index in [9.17, 15) is 8.78 Å². The van der Waals surface area contributed by atoms with Crippen molar-refractivity contribution in [1.82, 2.24) is 0 Å². The highest BCUT2D eigenvalue weighted by atomic mass is 19.3. The van der Waals surface area contributed by atoms with Gasteiger partial charge in [-0.25, -0.2) is 8.78 Å². The molecule has 4 saturated carbocycles. The minimum Gasteiger partial charge on any atom is -0.378 e. The molecule has 0 aromatic rings. The molecule has 4 rings (SSSR count). The maximum atomic E-state index is 12.2. The summed E-state index contributed by atoms with van der Waals surface area (Å²) in [4.78, 5) is 0. The second-order valence-electron chi connectivity index (χ2n) is 6.75. The third kappa shape index (κ3) is 2.18. The first-order valence-electron chi connectivity index (χ1n) is 6.96. The molecule has 4 aliphatic carbocycles. The van der Waals surface area contributed by atoms with E-state index in [4.69, 9.17) is 9.47 Å². The Balaban J connectivity index is 1.69. The average Bonchev–Trinajstić information content (AvgIpc) is 2.26. The van der Waals surface area contributed by atoms with E-state index >= 15 is 0 Å². The number of halogens is 2. The standard InChI is InChI=1S/C14H22F2O2/c1-17-14-5-10-2-11(6-14)4-13(3-10,8-14)9-18-7-12(15)16/h10-12H,2-9H2,1H3. The fourth-order valence-corrected chi connectivity index (χ4v) is 5.14. The van der Waals surface area contributed by atoms with Gasteiger partial charge < -0.3 is 9.47 Å². The molecule has 0 N–H and O–H groups in total. The summed E-state index contributed by atoms with van der Waals surface area (Å²) in [6.07, 6.45) is 4.59. The van der Waals surface area contributed by atoms with Crippen LogP contribution in [0.5, 0.6) is 0 Å². The van der Waals surface area contributed by atoms with Crippen LogP contribution >= 0.6 is 0 Å². The van der Waals surface area contributed by atoms with Gasteiger partial charge in [0.2, 0.25) is 0 Å². The van der Waals surface area contributed by atoms with Gasteiger partial charge in [-0.2, -0.15) is 0 Å². The van der Waals surface area contributed by atoms with Gasteiger partial charge in [0.1, 0.15) is 6.61 Å². The molecule has 0 heterocycles. The molecule has 0 aromatic carbocycles. The Morgan fingerprint density at radius 1 is 1.17 bits per heavy atom. The summed E-state index contributed by atoms with van der Waals surface area (Å²) in [5.41, 5.74) is 0.146. The van der Waals surface area contributed by atoms with Crippen molar-refractivity contribution in [2.45, 2.75) is 50.6 Å². The maximum absolute atomic E-state index is 12.2. The third-order valence-corrected chi connectivity index (χ3v) is 5.21. The van der Waals surface area contributed by atoms with Crippen LogP contribution in [0.4, 0.5) is 8.78 Å². The van der Waals surface area contributed by atoms with Crippen LogP contribution in [0.15, 0.2) is 0 Å². The van der Waals surface area contributed by atoms with E-state index in [1.54, 1.807) is 7.11 Å². The summed E-state index contributed by atoms with van der Waals surface area (Å²) in [6, 6.07) is 0. The second-order valence-corrected chi connectivity index (χ2v) is 6.75. The maximum Gasteiger partial charge on any atom is 0.261 e. The molecule has 104 valence electrons. The molecule has 0 aromatic heterocycles. The molecular formula is C14H22F2O2.